The highest BCUT2D eigenvalue weighted by atomic mass is 19.1. The van der Waals surface area contributed by atoms with Gasteiger partial charge < -0.3 is 5.32 Å². The molecule has 1 N–H and O–H groups in total. The van der Waals surface area contributed by atoms with Crippen LogP contribution in [-0.2, 0) is 6.54 Å². The predicted molar refractivity (Wildman–Crippen MR) is 65.6 cm³/mol. The Balaban J connectivity index is 1.73. The van der Waals surface area contributed by atoms with Gasteiger partial charge in [0.15, 0.2) is 0 Å². The van der Waals surface area contributed by atoms with Crippen molar-refractivity contribution in [1.29, 1.82) is 0 Å². The molecule has 2 aromatic rings. The molecule has 0 bridgehead atoms. The number of carbonyl (C=O) groups excluding carboxylic acids is 1. The first-order valence-corrected chi connectivity index (χ1v) is 5.77. The molecule has 0 aliphatic heterocycles. The zero-order valence-corrected chi connectivity index (χ0v) is 9.84. The van der Waals surface area contributed by atoms with Crippen molar-refractivity contribution in [3.63, 3.8) is 0 Å². The Kier molecular flexibility index (Phi) is 4.06. The maximum absolute atomic E-state index is 12.7. The van der Waals surface area contributed by atoms with E-state index >= 15 is 0 Å². The number of halogens is 1. The van der Waals surface area contributed by atoms with Gasteiger partial charge in [-0.25, -0.2) is 4.39 Å². The number of amides is 1. The molecule has 1 amide bonds. The van der Waals surface area contributed by atoms with Gasteiger partial charge >= 0.3 is 0 Å². The highest BCUT2D eigenvalue weighted by molar-refractivity contribution is 5.94. The monoisotopic (exact) mass is 247 g/mol. The van der Waals surface area contributed by atoms with E-state index in [2.05, 4.69) is 10.4 Å². The second kappa shape index (κ2) is 5.95. The second-order valence-electron chi connectivity index (χ2n) is 3.89. The summed E-state index contributed by atoms with van der Waals surface area (Å²) in [5, 5.41) is 6.84. The Hall–Kier alpha value is -2.17. The molecule has 0 atom stereocenters. The minimum Gasteiger partial charge on any atom is -0.352 e. The summed E-state index contributed by atoms with van der Waals surface area (Å²) >= 11 is 0. The number of aryl methyl sites for hydroxylation is 1. The number of nitrogens with one attached hydrogen (secondary N) is 1. The molecule has 1 heterocycles. The largest absolute Gasteiger partial charge is 0.352 e. The summed E-state index contributed by atoms with van der Waals surface area (Å²) < 4.78 is 14.5. The van der Waals surface area contributed by atoms with Crippen LogP contribution in [0.25, 0.3) is 0 Å². The second-order valence-corrected chi connectivity index (χ2v) is 3.89. The zero-order chi connectivity index (χ0) is 12.8. The average molecular weight is 247 g/mol. The fourth-order valence-electron chi connectivity index (χ4n) is 1.58. The Bertz CT molecular complexity index is 493. The number of rotatable bonds is 5. The quantitative estimate of drug-likeness (QED) is 0.819. The van der Waals surface area contributed by atoms with E-state index in [1.807, 2.05) is 16.9 Å². The maximum atomic E-state index is 12.7. The summed E-state index contributed by atoms with van der Waals surface area (Å²) in [5.41, 5.74) is 0.468. The first-order valence-electron chi connectivity index (χ1n) is 5.77. The van der Waals surface area contributed by atoms with Crippen molar-refractivity contribution < 1.29 is 9.18 Å². The van der Waals surface area contributed by atoms with E-state index in [9.17, 15) is 9.18 Å². The Morgan fingerprint density at radius 1 is 1.33 bits per heavy atom. The molecule has 2 rings (SSSR count). The van der Waals surface area contributed by atoms with Crippen LogP contribution < -0.4 is 5.32 Å². The van der Waals surface area contributed by atoms with Gasteiger partial charge in [-0.05, 0) is 36.8 Å². The van der Waals surface area contributed by atoms with E-state index in [1.165, 1.54) is 24.3 Å². The molecule has 5 heteroatoms. The van der Waals surface area contributed by atoms with E-state index in [-0.39, 0.29) is 11.7 Å². The van der Waals surface area contributed by atoms with Crippen LogP contribution in [0.5, 0.6) is 0 Å². The minimum absolute atomic E-state index is 0.185. The minimum atomic E-state index is -0.342. The van der Waals surface area contributed by atoms with Gasteiger partial charge in [0.1, 0.15) is 5.82 Å². The van der Waals surface area contributed by atoms with Crippen LogP contribution in [0, 0.1) is 5.82 Å². The topological polar surface area (TPSA) is 46.9 Å². The van der Waals surface area contributed by atoms with Crippen LogP contribution >= 0.6 is 0 Å². The van der Waals surface area contributed by atoms with Crippen LogP contribution in [0.1, 0.15) is 16.8 Å². The Morgan fingerprint density at radius 2 is 2.11 bits per heavy atom. The Labute approximate surface area is 104 Å². The van der Waals surface area contributed by atoms with Crippen molar-refractivity contribution in [2.24, 2.45) is 0 Å². The summed E-state index contributed by atoms with van der Waals surface area (Å²) in [7, 11) is 0. The van der Waals surface area contributed by atoms with Crippen molar-refractivity contribution in [2.75, 3.05) is 6.54 Å². The normalized spacial score (nSPS) is 10.3. The molecule has 0 spiro atoms. The third kappa shape index (κ3) is 3.41. The number of benzene rings is 1. The van der Waals surface area contributed by atoms with Crippen molar-refractivity contribution in [3.05, 3.63) is 54.1 Å². The van der Waals surface area contributed by atoms with Gasteiger partial charge in [-0.15, -0.1) is 0 Å². The molecule has 1 aromatic carbocycles. The SMILES string of the molecule is O=C(NCCCn1cccn1)c1ccc(F)cc1. The van der Waals surface area contributed by atoms with Crippen LogP contribution in [0.3, 0.4) is 0 Å². The van der Waals surface area contributed by atoms with E-state index in [0.29, 0.717) is 12.1 Å². The highest BCUT2D eigenvalue weighted by Crippen LogP contribution is 2.02. The summed E-state index contributed by atoms with van der Waals surface area (Å²) in [5.74, 6) is -0.527. The van der Waals surface area contributed by atoms with Gasteiger partial charge in [0.25, 0.3) is 5.91 Å². The van der Waals surface area contributed by atoms with Crippen molar-refractivity contribution in [2.45, 2.75) is 13.0 Å². The lowest BCUT2D eigenvalue weighted by atomic mass is 10.2. The lowest BCUT2D eigenvalue weighted by molar-refractivity contribution is 0.0952. The third-order valence-electron chi connectivity index (χ3n) is 2.52. The molecule has 1 aromatic heterocycles. The number of hydrogen-bond acceptors (Lipinski definition) is 2. The molecule has 0 saturated carbocycles. The molecule has 0 aliphatic carbocycles. The van der Waals surface area contributed by atoms with Crippen LogP contribution in [0.15, 0.2) is 42.7 Å². The number of nitrogens with zero attached hydrogens (tertiary/aromatic N) is 2. The van der Waals surface area contributed by atoms with E-state index < -0.39 is 0 Å². The summed E-state index contributed by atoms with van der Waals surface area (Å²) in [4.78, 5) is 11.7. The molecule has 0 radical (unpaired) electrons. The number of carbonyl (C=O) groups is 1. The van der Waals surface area contributed by atoms with Crippen molar-refractivity contribution in [3.8, 4) is 0 Å². The van der Waals surface area contributed by atoms with Crippen LogP contribution in [0.4, 0.5) is 4.39 Å². The van der Waals surface area contributed by atoms with Crippen molar-refractivity contribution in [1.82, 2.24) is 15.1 Å². The van der Waals surface area contributed by atoms with Crippen LogP contribution in [-0.4, -0.2) is 22.2 Å². The molecule has 0 fully saturated rings. The lowest BCUT2D eigenvalue weighted by Gasteiger charge is -2.05. The third-order valence-corrected chi connectivity index (χ3v) is 2.52. The maximum Gasteiger partial charge on any atom is 0.251 e. The van der Waals surface area contributed by atoms with Gasteiger partial charge in [-0.2, -0.15) is 5.10 Å². The number of hydrogen-bond donors (Lipinski definition) is 1. The first-order chi connectivity index (χ1) is 8.75. The summed E-state index contributed by atoms with van der Waals surface area (Å²) in [6.45, 7) is 1.33. The smallest absolute Gasteiger partial charge is 0.251 e. The molecule has 0 saturated heterocycles. The van der Waals surface area contributed by atoms with Crippen LogP contribution in [0.2, 0.25) is 0 Å². The number of aromatic nitrogens is 2. The lowest BCUT2D eigenvalue weighted by Crippen LogP contribution is -2.25. The highest BCUT2D eigenvalue weighted by Gasteiger charge is 2.04. The Morgan fingerprint density at radius 3 is 2.78 bits per heavy atom. The molecule has 4 nitrogen and oxygen atoms in total. The predicted octanol–water partition coefficient (Wildman–Crippen LogP) is 1.84. The molecule has 18 heavy (non-hydrogen) atoms. The molecular weight excluding hydrogens is 233 g/mol. The molecule has 0 aliphatic rings. The molecular formula is C13H14FN3O. The first kappa shape index (κ1) is 12.3. The fraction of sp³-hybridized carbons (Fsp3) is 0.231. The van der Waals surface area contributed by atoms with Gasteiger partial charge in [0, 0.05) is 31.0 Å². The summed E-state index contributed by atoms with van der Waals surface area (Å²) in [6, 6.07) is 7.35. The van der Waals surface area contributed by atoms with E-state index in [4.69, 9.17) is 0 Å². The average Bonchev–Trinajstić information content (AvgIpc) is 2.88. The van der Waals surface area contributed by atoms with Crippen molar-refractivity contribution >= 4 is 5.91 Å². The van der Waals surface area contributed by atoms with E-state index in [1.54, 1.807) is 6.20 Å². The summed E-state index contributed by atoms with van der Waals surface area (Å²) in [6.07, 6.45) is 4.40. The molecule has 94 valence electrons. The zero-order valence-electron chi connectivity index (χ0n) is 9.84. The van der Waals surface area contributed by atoms with E-state index in [0.717, 1.165) is 13.0 Å². The van der Waals surface area contributed by atoms with Gasteiger partial charge in [-0.3, -0.25) is 9.48 Å². The van der Waals surface area contributed by atoms with Gasteiger partial charge in [-0.1, -0.05) is 0 Å². The fourth-order valence-corrected chi connectivity index (χ4v) is 1.58. The van der Waals surface area contributed by atoms with Gasteiger partial charge in [0.05, 0.1) is 0 Å². The molecule has 0 unspecified atom stereocenters. The van der Waals surface area contributed by atoms with Gasteiger partial charge in [0.2, 0.25) is 0 Å². The standard InChI is InChI=1S/C13H14FN3O/c14-12-5-3-11(4-6-12)13(18)15-7-1-9-17-10-2-8-16-17/h2-6,8,10H,1,7,9H2,(H,15,18).